The number of amides is 1. The summed E-state index contributed by atoms with van der Waals surface area (Å²) in [4.78, 5) is 18.8. The van der Waals surface area contributed by atoms with Crippen LogP contribution in [0.1, 0.15) is 49.7 Å². The molecule has 0 aliphatic rings. The Morgan fingerprint density at radius 3 is 2.62 bits per heavy atom. The zero-order valence-corrected chi connectivity index (χ0v) is 15.5. The van der Waals surface area contributed by atoms with Gasteiger partial charge in [-0.3, -0.25) is 4.79 Å². The molecule has 0 spiro atoms. The van der Waals surface area contributed by atoms with Crippen LogP contribution >= 0.6 is 0 Å². The van der Waals surface area contributed by atoms with Crippen molar-refractivity contribution in [2.75, 3.05) is 6.54 Å². The van der Waals surface area contributed by atoms with Crippen molar-refractivity contribution in [1.29, 1.82) is 0 Å². The van der Waals surface area contributed by atoms with Gasteiger partial charge in [0, 0.05) is 6.54 Å². The predicted molar refractivity (Wildman–Crippen MR) is 99.1 cm³/mol. The highest BCUT2D eigenvalue weighted by Gasteiger charge is 2.10. The largest absolute Gasteiger partial charge is 0.504 e. The lowest BCUT2D eigenvalue weighted by molar-refractivity contribution is 0.0995. The molecular weight excluding hydrogens is 332 g/mol. The van der Waals surface area contributed by atoms with E-state index in [9.17, 15) is 9.90 Å². The molecule has 1 heterocycles. The maximum Gasteiger partial charge on any atom is 0.268 e. The van der Waals surface area contributed by atoms with Crippen LogP contribution in [0.3, 0.4) is 0 Å². The van der Waals surface area contributed by atoms with Gasteiger partial charge in [0.1, 0.15) is 5.69 Å². The highest BCUT2D eigenvalue weighted by Crippen LogP contribution is 2.30. The van der Waals surface area contributed by atoms with Gasteiger partial charge in [-0.25, -0.2) is 9.97 Å². The van der Waals surface area contributed by atoms with Crippen molar-refractivity contribution >= 4 is 5.91 Å². The number of nitrogens with two attached hydrogens (primary N) is 1. The van der Waals surface area contributed by atoms with Crippen molar-refractivity contribution in [2.45, 2.75) is 40.2 Å². The molecule has 26 heavy (non-hydrogen) atoms. The number of hydrogen-bond donors (Lipinski definition) is 3. The summed E-state index contributed by atoms with van der Waals surface area (Å²) < 4.78 is 5.48. The SMILES string of the molecule is CC(C)(C)CCCNCc1ccc(Oc2cnc(C(N)=O)cn2)c(O)c1. The van der Waals surface area contributed by atoms with Crippen LogP contribution in [0.4, 0.5) is 0 Å². The third-order valence-electron chi connectivity index (χ3n) is 3.73. The molecule has 140 valence electrons. The predicted octanol–water partition coefficient (Wildman–Crippen LogP) is 2.99. The Hall–Kier alpha value is -2.67. The van der Waals surface area contributed by atoms with Gasteiger partial charge in [0.05, 0.1) is 12.4 Å². The van der Waals surface area contributed by atoms with E-state index in [1.807, 2.05) is 6.07 Å². The molecular formula is C19H26N4O3. The monoisotopic (exact) mass is 358 g/mol. The summed E-state index contributed by atoms with van der Waals surface area (Å²) in [5, 5.41) is 13.5. The van der Waals surface area contributed by atoms with Gasteiger partial charge < -0.3 is 20.9 Å². The lowest BCUT2D eigenvalue weighted by Crippen LogP contribution is -2.17. The molecule has 7 nitrogen and oxygen atoms in total. The number of carbonyl (C=O) groups excluding carboxylic acids is 1. The Bertz CT molecular complexity index is 739. The molecule has 2 rings (SSSR count). The maximum absolute atomic E-state index is 11.0. The highest BCUT2D eigenvalue weighted by atomic mass is 16.5. The average Bonchev–Trinajstić information content (AvgIpc) is 2.56. The van der Waals surface area contributed by atoms with Gasteiger partial charge in [-0.2, -0.15) is 0 Å². The van der Waals surface area contributed by atoms with Crippen LogP contribution in [0.25, 0.3) is 0 Å². The Kier molecular flexibility index (Phi) is 6.52. The zero-order valence-electron chi connectivity index (χ0n) is 15.5. The standard InChI is InChI=1S/C19H26N4O3/c1-19(2,3)7-4-8-21-10-13-5-6-16(15(24)9-13)26-17-12-22-14(11-23-17)18(20)25/h5-6,9,11-12,21,24H,4,7-8,10H2,1-3H3,(H2,20,25). The van der Waals surface area contributed by atoms with Gasteiger partial charge in [0.25, 0.3) is 5.91 Å². The molecule has 0 saturated carbocycles. The second-order valence-corrected chi connectivity index (χ2v) is 7.35. The van der Waals surface area contributed by atoms with E-state index in [4.69, 9.17) is 10.5 Å². The minimum Gasteiger partial charge on any atom is -0.504 e. The summed E-state index contributed by atoms with van der Waals surface area (Å²) >= 11 is 0. The summed E-state index contributed by atoms with van der Waals surface area (Å²) in [7, 11) is 0. The van der Waals surface area contributed by atoms with Gasteiger partial charge in [-0.15, -0.1) is 0 Å². The molecule has 0 radical (unpaired) electrons. The van der Waals surface area contributed by atoms with Gasteiger partial charge in [0.15, 0.2) is 11.5 Å². The summed E-state index contributed by atoms with van der Waals surface area (Å²) in [5.41, 5.74) is 6.46. The molecule has 1 aromatic carbocycles. The minimum atomic E-state index is -0.661. The fraction of sp³-hybridized carbons (Fsp3) is 0.421. The molecule has 7 heteroatoms. The van der Waals surface area contributed by atoms with Crippen LogP contribution in [0.15, 0.2) is 30.6 Å². The first-order valence-corrected chi connectivity index (χ1v) is 8.57. The van der Waals surface area contributed by atoms with Gasteiger partial charge in [-0.1, -0.05) is 26.8 Å². The van der Waals surface area contributed by atoms with Crippen molar-refractivity contribution in [3.63, 3.8) is 0 Å². The first kappa shape index (κ1) is 19.7. The first-order chi connectivity index (χ1) is 12.2. The van der Waals surface area contributed by atoms with E-state index in [2.05, 4.69) is 36.1 Å². The molecule has 2 aromatic rings. The van der Waals surface area contributed by atoms with Crippen LogP contribution in [0.5, 0.6) is 17.4 Å². The van der Waals surface area contributed by atoms with Gasteiger partial charge in [-0.05, 0) is 42.5 Å². The number of carbonyl (C=O) groups is 1. The fourth-order valence-electron chi connectivity index (χ4n) is 2.34. The quantitative estimate of drug-likeness (QED) is 0.626. The number of phenolic OH excluding ortho intramolecular Hbond substituents is 1. The minimum absolute atomic E-state index is 0.0137. The van der Waals surface area contributed by atoms with Crippen molar-refractivity contribution in [3.8, 4) is 17.4 Å². The number of aromatic nitrogens is 2. The van der Waals surface area contributed by atoms with Crippen LogP contribution in [-0.2, 0) is 6.54 Å². The molecule has 0 aliphatic heterocycles. The number of hydrogen-bond acceptors (Lipinski definition) is 6. The van der Waals surface area contributed by atoms with E-state index in [1.54, 1.807) is 12.1 Å². The van der Waals surface area contributed by atoms with Crippen molar-refractivity contribution in [3.05, 3.63) is 41.9 Å². The van der Waals surface area contributed by atoms with Crippen LogP contribution in [0, 0.1) is 5.41 Å². The number of rotatable bonds is 8. The summed E-state index contributed by atoms with van der Waals surface area (Å²) in [6.07, 6.45) is 4.78. The van der Waals surface area contributed by atoms with Crippen molar-refractivity contribution in [2.24, 2.45) is 11.1 Å². The summed E-state index contributed by atoms with van der Waals surface area (Å²) in [6, 6.07) is 5.19. The molecule has 0 bridgehead atoms. The first-order valence-electron chi connectivity index (χ1n) is 8.57. The molecule has 0 saturated heterocycles. The number of nitrogens with zero attached hydrogens (tertiary/aromatic N) is 2. The smallest absolute Gasteiger partial charge is 0.268 e. The molecule has 1 aromatic heterocycles. The van der Waals surface area contributed by atoms with E-state index in [0.29, 0.717) is 12.0 Å². The molecule has 0 fully saturated rings. The molecule has 0 unspecified atom stereocenters. The fourth-order valence-corrected chi connectivity index (χ4v) is 2.34. The third kappa shape index (κ3) is 6.33. The molecule has 1 amide bonds. The highest BCUT2D eigenvalue weighted by molar-refractivity contribution is 5.90. The van der Waals surface area contributed by atoms with Crippen LogP contribution < -0.4 is 15.8 Å². The number of primary amides is 1. The normalized spacial score (nSPS) is 11.3. The number of phenols is 1. The van der Waals surface area contributed by atoms with Crippen molar-refractivity contribution in [1.82, 2.24) is 15.3 Å². The van der Waals surface area contributed by atoms with E-state index >= 15 is 0 Å². The summed E-state index contributed by atoms with van der Waals surface area (Å²) in [6.45, 7) is 8.30. The average molecular weight is 358 g/mol. The van der Waals surface area contributed by atoms with E-state index in [0.717, 1.165) is 24.9 Å². The lowest BCUT2D eigenvalue weighted by Gasteiger charge is -2.17. The van der Waals surface area contributed by atoms with E-state index in [-0.39, 0.29) is 23.1 Å². The van der Waals surface area contributed by atoms with Gasteiger partial charge >= 0.3 is 0 Å². The van der Waals surface area contributed by atoms with Crippen molar-refractivity contribution < 1.29 is 14.6 Å². The van der Waals surface area contributed by atoms with Gasteiger partial charge in [0.2, 0.25) is 5.88 Å². The Morgan fingerprint density at radius 2 is 2.04 bits per heavy atom. The lowest BCUT2D eigenvalue weighted by atomic mass is 9.91. The number of benzene rings is 1. The van der Waals surface area contributed by atoms with E-state index in [1.165, 1.54) is 12.4 Å². The Labute approximate surface area is 153 Å². The number of ether oxygens (including phenoxy) is 1. The Morgan fingerprint density at radius 1 is 1.27 bits per heavy atom. The van der Waals surface area contributed by atoms with Crippen LogP contribution in [0.2, 0.25) is 0 Å². The molecule has 4 N–H and O–H groups in total. The maximum atomic E-state index is 11.0. The number of aromatic hydroxyl groups is 1. The molecule has 0 aliphatic carbocycles. The molecule has 0 atom stereocenters. The van der Waals surface area contributed by atoms with Crippen LogP contribution in [-0.4, -0.2) is 27.5 Å². The summed E-state index contributed by atoms with van der Waals surface area (Å²) in [5.74, 6) is -0.216. The Balaban J connectivity index is 1.87. The van der Waals surface area contributed by atoms with E-state index < -0.39 is 5.91 Å². The topological polar surface area (TPSA) is 110 Å². The zero-order chi connectivity index (χ0) is 19.2. The number of nitrogens with one attached hydrogen (secondary N) is 1. The second kappa shape index (κ2) is 8.62. The second-order valence-electron chi connectivity index (χ2n) is 7.35. The third-order valence-corrected chi connectivity index (χ3v) is 3.73.